The van der Waals surface area contributed by atoms with E-state index in [0.717, 1.165) is 16.9 Å². The molecule has 2 aromatic rings. The smallest absolute Gasteiger partial charge is 0.136 e. The second kappa shape index (κ2) is 5.08. The van der Waals surface area contributed by atoms with Gasteiger partial charge >= 0.3 is 0 Å². The Morgan fingerprint density at radius 1 is 1.33 bits per heavy atom. The van der Waals surface area contributed by atoms with Gasteiger partial charge in [0.2, 0.25) is 0 Å². The summed E-state index contributed by atoms with van der Waals surface area (Å²) in [6.07, 6.45) is 0. The maximum Gasteiger partial charge on any atom is 0.136 e. The molecule has 4 heteroatoms. The van der Waals surface area contributed by atoms with Crippen molar-refractivity contribution in [3.63, 3.8) is 0 Å². The van der Waals surface area contributed by atoms with Crippen molar-refractivity contribution in [1.29, 1.82) is 0 Å². The number of imidazole rings is 1. The van der Waals surface area contributed by atoms with E-state index in [1.54, 1.807) is 7.11 Å². The molecule has 0 aliphatic heterocycles. The van der Waals surface area contributed by atoms with Gasteiger partial charge < -0.3 is 15.0 Å². The highest BCUT2D eigenvalue weighted by molar-refractivity contribution is 5.78. The van der Waals surface area contributed by atoms with E-state index in [0.29, 0.717) is 13.2 Å². The molecule has 18 heavy (non-hydrogen) atoms. The second-order valence-electron chi connectivity index (χ2n) is 4.84. The van der Waals surface area contributed by atoms with Crippen LogP contribution >= 0.6 is 0 Å². The number of nitrogens with zero attached hydrogens (tertiary/aromatic N) is 2. The Balaban J connectivity index is 2.68. The first-order valence-corrected chi connectivity index (χ1v) is 6.25. The van der Waals surface area contributed by atoms with Gasteiger partial charge in [0.1, 0.15) is 12.4 Å². The van der Waals surface area contributed by atoms with Gasteiger partial charge in [0.05, 0.1) is 11.0 Å². The van der Waals surface area contributed by atoms with Crippen LogP contribution in [0.5, 0.6) is 0 Å². The Morgan fingerprint density at radius 3 is 2.61 bits per heavy atom. The summed E-state index contributed by atoms with van der Waals surface area (Å²) >= 11 is 0. The molecule has 0 saturated heterocycles. The average molecular weight is 247 g/mol. The Kier molecular flexibility index (Phi) is 3.68. The lowest BCUT2D eigenvalue weighted by atomic mass is 10.1. The van der Waals surface area contributed by atoms with E-state index in [9.17, 15) is 0 Å². The van der Waals surface area contributed by atoms with Gasteiger partial charge in [-0.2, -0.15) is 0 Å². The molecule has 0 bridgehead atoms. The Hall–Kier alpha value is -1.39. The topological polar surface area (TPSA) is 53.1 Å². The Bertz CT molecular complexity index is 560. The zero-order chi connectivity index (χ0) is 13.3. The fourth-order valence-corrected chi connectivity index (χ4v) is 2.23. The number of hydrogen-bond acceptors (Lipinski definition) is 3. The largest absolute Gasteiger partial charge is 0.377 e. The third-order valence-electron chi connectivity index (χ3n) is 3.43. The molecular weight excluding hydrogens is 226 g/mol. The maximum atomic E-state index is 5.80. The van der Waals surface area contributed by atoms with Crippen molar-refractivity contribution < 1.29 is 4.74 Å². The van der Waals surface area contributed by atoms with Crippen molar-refractivity contribution in [3.05, 3.63) is 29.1 Å². The molecule has 2 N–H and O–H groups in total. The molecule has 0 fully saturated rings. The van der Waals surface area contributed by atoms with Crippen molar-refractivity contribution in [2.24, 2.45) is 5.73 Å². The highest BCUT2D eigenvalue weighted by Gasteiger charge is 2.15. The van der Waals surface area contributed by atoms with Crippen LogP contribution in [0.4, 0.5) is 0 Å². The van der Waals surface area contributed by atoms with Gasteiger partial charge in [0.25, 0.3) is 0 Å². The molecule has 1 atom stereocenters. The Labute approximate surface area is 108 Å². The van der Waals surface area contributed by atoms with Crippen LogP contribution < -0.4 is 5.73 Å². The predicted molar refractivity (Wildman–Crippen MR) is 73.7 cm³/mol. The molecule has 0 radical (unpaired) electrons. The van der Waals surface area contributed by atoms with E-state index in [4.69, 9.17) is 10.5 Å². The van der Waals surface area contributed by atoms with Crippen LogP contribution in [0.15, 0.2) is 12.1 Å². The number of fused-ring (bicyclic) bond motifs is 1. The van der Waals surface area contributed by atoms with Gasteiger partial charge in [0, 0.05) is 19.7 Å². The third-order valence-corrected chi connectivity index (χ3v) is 3.43. The van der Waals surface area contributed by atoms with E-state index < -0.39 is 0 Å². The highest BCUT2D eigenvalue weighted by Crippen LogP contribution is 2.24. The normalized spacial score (nSPS) is 13.2. The zero-order valence-electron chi connectivity index (χ0n) is 11.5. The quantitative estimate of drug-likeness (QED) is 0.902. The first-order valence-electron chi connectivity index (χ1n) is 6.25. The van der Waals surface area contributed by atoms with Gasteiger partial charge in [0.15, 0.2) is 0 Å². The van der Waals surface area contributed by atoms with Crippen LogP contribution in [-0.2, 0) is 11.3 Å². The van der Waals surface area contributed by atoms with Crippen molar-refractivity contribution in [2.45, 2.75) is 33.4 Å². The monoisotopic (exact) mass is 247 g/mol. The molecule has 1 aromatic heterocycles. The summed E-state index contributed by atoms with van der Waals surface area (Å²) in [6, 6.07) is 4.54. The minimum absolute atomic E-state index is 0.224. The van der Waals surface area contributed by atoms with Crippen molar-refractivity contribution in [1.82, 2.24) is 9.55 Å². The number of benzene rings is 1. The molecule has 4 nitrogen and oxygen atoms in total. The first-order chi connectivity index (χ1) is 8.58. The molecule has 2 rings (SSSR count). The molecule has 1 heterocycles. The third kappa shape index (κ3) is 2.13. The summed E-state index contributed by atoms with van der Waals surface area (Å²) in [7, 11) is 1.69. The molecule has 0 saturated carbocycles. The van der Waals surface area contributed by atoms with E-state index in [2.05, 4.69) is 42.5 Å². The minimum atomic E-state index is 0.224. The van der Waals surface area contributed by atoms with E-state index in [-0.39, 0.29) is 6.04 Å². The van der Waals surface area contributed by atoms with E-state index in [1.165, 1.54) is 11.1 Å². The van der Waals surface area contributed by atoms with Crippen LogP contribution in [-0.4, -0.2) is 23.2 Å². The lowest BCUT2D eigenvalue weighted by Crippen LogP contribution is -2.18. The van der Waals surface area contributed by atoms with E-state index >= 15 is 0 Å². The molecule has 98 valence electrons. The SMILES string of the molecule is COCc1nc2cc(C)c(C)cc2n1C(C)CN. The number of aryl methyl sites for hydroxylation is 2. The zero-order valence-corrected chi connectivity index (χ0v) is 11.5. The van der Waals surface area contributed by atoms with Gasteiger partial charge in [-0.3, -0.25) is 0 Å². The number of hydrogen-bond donors (Lipinski definition) is 1. The maximum absolute atomic E-state index is 5.80. The number of aromatic nitrogens is 2. The lowest BCUT2D eigenvalue weighted by molar-refractivity contribution is 0.173. The minimum Gasteiger partial charge on any atom is -0.377 e. The van der Waals surface area contributed by atoms with Crippen molar-refractivity contribution in [2.75, 3.05) is 13.7 Å². The lowest BCUT2D eigenvalue weighted by Gasteiger charge is -2.15. The van der Waals surface area contributed by atoms with Crippen molar-refractivity contribution >= 4 is 11.0 Å². The molecule has 0 aliphatic rings. The summed E-state index contributed by atoms with van der Waals surface area (Å²) in [5, 5.41) is 0. The van der Waals surface area contributed by atoms with Gasteiger partial charge in [-0.15, -0.1) is 0 Å². The fraction of sp³-hybridized carbons (Fsp3) is 0.500. The van der Waals surface area contributed by atoms with Crippen LogP contribution in [0.1, 0.15) is 29.9 Å². The first kappa shape index (κ1) is 13.1. The van der Waals surface area contributed by atoms with Crippen LogP contribution in [0.3, 0.4) is 0 Å². The second-order valence-corrected chi connectivity index (χ2v) is 4.84. The standard InChI is InChI=1S/C14H21N3O/c1-9-5-12-13(6-10(9)2)17(11(3)7-15)14(16-12)8-18-4/h5-6,11H,7-8,15H2,1-4H3. The fourth-order valence-electron chi connectivity index (χ4n) is 2.23. The highest BCUT2D eigenvalue weighted by atomic mass is 16.5. The molecule has 0 amide bonds. The van der Waals surface area contributed by atoms with Crippen molar-refractivity contribution in [3.8, 4) is 0 Å². The summed E-state index contributed by atoms with van der Waals surface area (Å²) < 4.78 is 7.41. The molecular formula is C14H21N3O. The molecule has 1 unspecified atom stereocenters. The molecule has 1 aromatic carbocycles. The molecule has 0 aliphatic carbocycles. The van der Waals surface area contributed by atoms with Gasteiger partial charge in [-0.25, -0.2) is 4.98 Å². The Morgan fingerprint density at radius 2 is 2.00 bits per heavy atom. The summed E-state index contributed by atoms with van der Waals surface area (Å²) in [4.78, 5) is 4.66. The number of ether oxygens (including phenoxy) is 1. The summed E-state index contributed by atoms with van der Waals surface area (Å²) in [5.41, 5.74) is 10.5. The van der Waals surface area contributed by atoms with Gasteiger partial charge in [-0.05, 0) is 44.0 Å². The van der Waals surface area contributed by atoms with Crippen LogP contribution in [0.2, 0.25) is 0 Å². The molecule has 0 spiro atoms. The predicted octanol–water partition coefficient (Wildman–Crippen LogP) is 2.32. The average Bonchev–Trinajstić information content (AvgIpc) is 2.67. The van der Waals surface area contributed by atoms with Crippen LogP contribution in [0.25, 0.3) is 11.0 Å². The summed E-state index contributed by atoms with van der Waals surface area (Å²) in [5.74, 6) is 0.940. The van der Waals surface area contributed by atoms with Gasteiger partial charge in [-0.1, -0.05) is 0 Å². The number of methoxy groups -OCH3 is 1. The van der Waals surface area contributed by atoms with Crippen LogP contribution in [0, 0.1) is 13.8 Å². The van der Waals surface area contributed by atoms with E-state index in [1.807, 2.05) is 0 Å². The number of nitrogens with two attached hydrogens (primary N) is 1. The number of rotatable bonds is 4. The summed E-state index contributed by atoms with van der Waals surface area (Å²) in [6.45, 7) is 7.44.